The maximum Gasteiger partial charge on any atom is 0.251 e. The molecular formula is C23H21FN2O3S. The van der Waals surface area contributed by atoms with Gasteiger partial charge in [-0.15, -0.1) is 11.3 Å². The Kier molecular flexibility index (Phi) is 7.34. The molecule has 3 aromatic rings. The third-order valence-corrected chi connectivity index (χ3v) is 5.32. The first-order valence-corrected chi connectivity index (χ1v) is 10.1. The predicted molar refractivity (Wildman–Crippen MR) is 117 cm³/mol. The minimum atomic E-state index is -0.271. The van der Waals surface area contributed by atoms with Crippen LogP contribution < -0.4 is 15.4 Å². The number of halogens is 1. The van der Waals surface area contributed by atoms with E-state index < -0.39 is 0 Å². The van der Waals surface area contributed by atoms with Crippen LogP contribution in [0.5, 0.6) is 5.75 Å². The van der Waals surface area contributed by atoms with Crippen LogP contribution in [0, 0.1) is 5.82 Å². The van der Waals surface area contributed by atoms with Crippen molar-refractivity contribution in [2.24, 2.45) is 0 Å². The second kappa shape index (κ2) is 10.4. The number of amides is 2. The average molecular weight is 424 g/mol. The van der Waals surface area contributed by atoms with Crippen LogP contribution in [-0.2, 0) is 4.79 Å². The molecule has 0 aliphatic carbocycles. The van der Waals surface area contributed by atoms with Gasteiger partial charge in [-0.05, 0) is 60.2 Å². The molecule has 1 heterocycles. The lowest BCUT2D eigenvalue weighted by Crippen LogP contribution is -2.33. The number of ether oxygens (including phenoxy) is 1. The van der Waals surface area contributed by atoms with Crippen LogP contribution >= 0.6 is 11.3 Å². The second-order valence-corrected chi connectivity index (χ2v) is 7.43. The standard InChI is InChI=1S/C23H21FN2O3S/c1-29-19-8-4-17(5-9-19)23(28)26-15-14-25-22(27)13-11-20-10-12-21(30-20)16-2-6-18(24)7-3-16/h2-13H,14-15H2,1H3,(H,25,27)(H,26,28)/b13-11+. The zero-order valence-corrected chi connectivity index (χ0v) is 17.2. The summed E-state index contributed by atoms with van der Waals surface area (Å²) in [4.78, 5) is 25.9. The number of thiophene rings is 1. The Morgan fingerprint density at radius 3 is 2.37 bits per heavy atom. The number of carbonyl (C=O) groups excluding carboxylic acids is 2. The first-order valence-electron chi connectivity index (χ1n) is 9.29. The molecule has 0 radical (unpaired) electrons. The molecule has 2 amide bonds. The highest BCUT2D eigenvalue weighted by Crippen LogP contribution is 2.28. The summed E-state index contributed by atoms with van der Waals surface area (Å²) in [6, 6.07) is 16.9. The van der Waals surface area contributed by atoms with Crippen LogP contribution in [0.3, 0.4) is 0 Å². The van der Waals surface area contributed by atoms with E-state index in [1.165, 1.54) is 29.5 Å². The van der Waals surface area contributed by atoms with E-state index in [1.54, 1.807) is 49.6 Å². The van der Waals surface area contributed by atoms with Gasteiger partial charge >= 0.3 is 0 Å². The molecule has 7 heteroatoms. The summed E-state index contributed by atoms with van der Waals surface area (Å²) in [6.45, 7) is 0.633. The normalized spacial score (nSPS) is 10.7. The van der Waals surface area contributed by atoms with Gasteiger partial charge in [-0.1, -0.05) is 12.1 Å². The maximum absolute atomic E-state index is 13.0. The summed E-state index contributed by atoms with van der Waals surface area (Å²) < 4.78 is 18.1. The zero-order valence-electron chi connectivity index (χ0n) is 16.4. The Morgan fingerprint density at radius 1 is 0.967 bits per heavy atom. The summed E-state index contributed by atoms with van der Waals surface area (Å²) in [5.41, 5.74) is 1.45. The highest BCUT2D eigenvalue weighted by atomic mass is 32.1. The molecule has 0 unspecified atom stereocenters. The van der Waals surface area contributed by atoms with Gasteiger partial charge < -0.3 is 15.4 Å². The lowest BCUT2D eigenvalue weighted by Gasteiger charge is -2.06. The number of rotatable bonds is 8. The lowest BCUT2D eigenvalue weighted by atomic mass is 10.2. The van der Waals surface area contributed by atoms with E-state index >= 15 is 0 Å². The third-order valence-electron chi connectivity index (χ3n) is 4.22. The number of hydrogen-bond acceptors (Lipinski definition) is 4. The van der Waals surface area contributed by atoms with Crippen molar-refractivity contribution in [2.75, 3.05) is 20.2 Å². The molecule has 0 bridgehead atoms. The summed E-state index contributed by atoms with van der Waals surface area (Å²) in [6.07, 6.45) is 3.18. The monoisotopic (exact) mass is 424 g/mol. The van der Waals surface area contributed by atoms with E-state index in [9.17, 15) is 14.0 Å². The van der Waals surface area contributed by atoms with E-state index in [2.05, 4.69) is 10.6 Å². The van der Waals surface area contributed by atoms with E-state index in [0.29, 0.717) is 24.4 Å². The van der Waals surface area contributed by atoms with Crippen molar-refractivity contribution in [3.8, 4) is 16.2 Å². The van der Waals surface area contributed by atoms with Crippen LogP contribution in [0.1, 0.15) is 15.2 Å². The van der Waals surface area contributed by atoms with Crippen molar-refractivity contribution >= 4 is 29.2 Å². The molecule has 0 saturated heterocycles. The van der Waals surface area contributed by atoms with Gasteiger partial charge in [-0.25, -0.2) is 4.39 Å². The van der Waals surface area contributed by atoms with Gasteiger partial charge in [0.05, 0.1) is 7.11 Å². The molecule has 0 spiro atoms. The van der Waals surface area contributed by atoms with Crippen LogP contribution in [0.25, 0.3) is 16.5 Å². The van der Waals surface area contributed by atoms with Gasteiger partial charge in [0.25, 0.3) is 5.91 Å². The number of benzene rings is 2. The van der Waals surface area contributed by atoms with Crippen molar-refractivity contribution in [1.29, 1.82) is 0 Å². The molecule has 0 atom stereocenters. The molecule has 0 saturated carbocycles. The molecule has 2 aromatic carbocycles. The molecule has 2 N–H and O–H groups in total. The minimum Gasteiger partial charge on any atom is -0.497 e. The topological polar surface area (TPSA) is 67.4 Å². The number of nitrogens with one attached hydrogen (secondary N) is 2. The van der Waals surface area contributed by atoms with Gasteiger partial charge in [0.1, 0.15) is 11.6 Å². The molecule has 154 valence electrons. The zero-order chi connectivity index (χ0) is 21.3. The Labute approximate surface area is 178 Å². The van der Waals surface area contributed by atoms with Gasteiger partial charge in [0.2, 0.25) is 5.91 Å². The van der Waals surface area contributed by atoms with Gasteiger partial charge in [0, 0.05) is 34.5 Å². The Hall–Kier alpha value is -3.45. The first kappa shape index (κ1) is 21.3. The van der Waals surface area contributed by atoms with Gasteiger partial charge in [0.15, 0.2) is 0 Å². The Bertz CT molecular complexity index is 1030. The SMILES string of the molecule is COc1ccc(C(=O)NCCNC(=O)/C=C/c2ccc(-c3ccc(F)cc3)s2)cc1. The number of methoxy groups -OCH3 is 1. The van der Waals surface area contributed by atoms with Crippen LogP contribution in [-0.4, -0.2) is 32.0 Å². The van der Waals surface area contributed by atoms with Crippen molar-refractivity contribution in [3.63, 3.8) is 0 Å². The molecular weight excluding hydrogens is 403 g/mol. The summed E-state index contributed by atoms with van der Waals surface area (Å²) in [7, 11) is 1.56. The molecule has 5 nitrogen and oxygen atoms in total. The first-order chi connectivity index (χ1) is 14.5. The van der Waals surface area contributed by atoms with Crippen molar-refractivity contribution < 1.29 is 18.7 Å². The average Bonchev–Trinajstić information content (AvgIpc) is 3.25. The van der Waals surface area contributed by atoms with Gasteiger partial charge in [-0.3, -0.25) is 9.59 Å². The summed E-state index contributed by atoms with van der Waals surface area (Å²) in [5.74, 6) is -0.0480. The minimum absolute atomic E-state index is 0.214. The fourth-order valence-corrected chi connectivity index (χ4v) is 3.55. The largest absolute Gasteiger partial charge is 0.497 e. The fourth-order valence-electron chi connectivity index (χ4n) is 2.63. The van der Waals surface area contributed by atoms with Crippen LogP contribution in [0.2, 0.25) is 0 Å². The van der Waals surface area contributed by atoms with E-state index in [0.717, 1.165) is 15.3 Å². The van der Waals surface area contributed by atoms with E-state index in [1.807, 2.05) is 12.1 Å². The smallest absolute Gasteiger partial charge is 0.251 e. The highest BCUT2D eigenvalue weighted by molar-refractivity contribution is 7.16. The molecule has 3 rings (SSSR count). The maximum atomic E-state index is 13.0. The quantitative estimate of drug-likeness (QED) is 0.422. The number of hydrogen-bond donors (Lipinski definition) is 2. The predicted octanol–water partition coefficient (Wildman–Crippen LogP) is 4.12. The molecule has 30 heavy (non-hydrogen) atoms. The number of carbonyl (C=O) groups is 2. The van der Waals surface area contributed by atoms with Crippen molar-refractivity contribution in [2.45, 2.75) is 0 Å². The molecule has 0 aliphatic rings. The molecule has 1 aromatic heterocycles. The molecule has 0 aliphatic heterocycles. The Morgan fingerprint density at radius 2 is 1.67 bits per heavy atom. The Balaban J connectivity index is 1.41. The second-order valence-electron chi connectivity index (χ2n) is 6.32. The summed E-state index contributed by atoms with van der Waals surface area (Å²) >= 11 is 1.51. The third kappa shape index (κ3) is 6.02. The molecule has 0 fully saturated rings. The summed E-state index contributed by atoms with van der Waals surface area (Å²) in [5, 5.41) is 5.47. The highest BCUT2D eigenvalue weighted by Gasteiger charge is 2.05. The van der Waals surface area contributed by atoms with Crippen LogP contribution in [0.15, 0.2) is 66.7 Å². The van der Waals surface area contributed by atoms with Crippen molar-refractivity contribution in [1.82, 2.24) is 10.6 Å². The van der Waals surface area contributed by atoms with Crippen molar-refractivity contribution in [3.05, 3.63) is 83.0 Å². The lowest BCUT2D eigenvalue weighted by molar-refractivity contribution is -0.116. The fraction of sp³-hybridized carbons (Fsp3) is 0.130. The van der Waals surface area contributed by atoms with E-state index in [-0.39, 0.29) is 17.6 Å². The van der Waals surface area contributed by atoms with Gasteiger partial charge in [-0.2, -0.15) is 0 Å². The van der Waals surface area contributed by atoms with Crippen LogP contribution in [0.4, 0.5) is 4.39 Å². The van der Waals surface area contributed by atoms with E-state index in [4.69, 9.17) is 4.74 Å².